The molecule has 0 aliphatic rings. The zero-order chi connectivity index (χ0) is 11.3. The Labute approximate surface area is 94.7 Å². The quantitative estimate of drug-likeness (QED) is 0.757. The summed E-state index contributed by atoms with van der Waals surface area (Å²) >= 11 is 5.97. The van der Waals surface area contributed by atoms with Crippen molar-refractivity contribution >= 4 is 17.4 Å². The second-order valence-electron chi connectivity index (χ2n) is 3.47. The van der Waals surface area contributed by atoms with Gasteiger partial charge in [-0.05, 0) is 13.3 Å². The van der Waals surface area contributed by atoms with Crippen molar-refractivity contribution in [3.63, 3.8) is 0 Å². The molecular weight excluding hydrogens is 214 g/mol. The van der Waals surface area contributed by atoms with Crippen LogP contribution in [0.2, 0.25) is 5.15 Å². The van der Waals surface area contributed by atoms with Crippen molar-refractivity contribution in [2.24, 2.45) is 0 Å². The molecule has 1 atom stereocenters. The highest BCUT2D eigenvalue weighted by molar-refractivity contribution is 6.30. The number of halogens is 1. The van der Waals surface area contributed by atoms with Gasteiger partial charge in [-0.1, -0.05) is 24.9 Å². The van der Waals surface area contributed by atoms with Gasteiger partial charge >= 0.3 is 0 Å². The molecule has 4 nitrogen and oxygen atoms in total. The number of hydrogen-bond acceptors (Lipinski definition) is 4. The Morgan fingerprint density at radius 2 is 2.27 bits per heavy atom. The van der Waals surface area contributed by atoms with Crippen LogP contribution in [-0.4, -0.2) is 27.7 Å². The van der Waals surface area contributed by atoms with Crippen LogP contribution in [-0.2, 0) is 6.42 Å². The first kappa shape index (κ1) is 12.2. The van der Waals surface area contributed by atoms with E-state index in [-0.39, 0.29) is 0 Å². The molecular formula is C10H16ClN3O. The van der Waals surface area contributed by atoms with Gasteiger partial charge in [0.15, 0.2) is 0 Å². The molecule has 1 aromatic heterocycles. The van der Waals surface area contributed by atoms with Gasteiger partial charge in [-0.25, -0.2) is 9.97 Å². The maximum Gasteiger partial charge on any atom is 0.137 e. The largest absolute Gasteiger partial charge is 0.392 e. The fourth-order valence-corrected chi connectivity index (χ4v) is 1.49. The summed E-state index contributed by atoms with van der Waals surface area (Å²) in [4.78, 5) is 8.05. The Morgan fingerprint density at radius 1 is 1.53 bits per heavy atom. The number of anilines is 1. The van der Waals surface area contributed by atoms with Crippen LogP contribution < -0.4 is 5.32 Å². The van der Waals surface area contributed by atoms with Crippen molar-refractivity contribution < 1.29 is 5.11 Å². The normalized spacial score (nSPS) is 12.5. The highest BCUT2D eigenvalue weighted by Gasteiger charge is 2.08. The first-order valence-corrected chi connectivity index (χ1v) is 5.44. The zero-order valence-corrected chi connectivity index (χ0v) is 9.75. The number of nitrogens with one attached hydrogen (secondary N) is 1. The molecule has 0 fully saturated rings. The lowest BCUT2D eigenvalue weighted by atomic mass is 10.2. The Balaban J connectivity index is 2.80. The van der Waals surface area contributed by atoms with Gasteiger partial charge in [0, 0.05) is 12.1 Å². The minimum Gasteiger partial charge on any atom is -0.392 e. The summed E-state index contributed by atoms with van der Waals surface area (Å²) in [5, 5.41) is 12.7. The van der Waals surface area contributed by atoms with Crippen molar-refractivity contribution in [2.75, 3.05) is 11.9 Å². The molecule has 0 radical (unpaired) electrons. The first-order valence-electron chi connectivity index (χ1n) is 5.06. The standard InChI is InChI=1S/C10H16ClN3O/c1-3-4-8-9(11)13-6-14-10(8)12-5-7(2)15/h6-7,15H,3-5H2,1-2H3,(H,12,13,14). The minimum atomic E-state index is -0.409. The summed E-state index contributed by atoms with van der Waals surface area (Å²) in [6.45, 7) is 4.25. The van der Waals surface area contributed by atoms with E-state index < -0.39 is 6.10 Å². The van der Waals surface area contributed by atoms with Crippen molar-refractivity contribution in [1.82, 2.24) is 9.97 Å². The van der Waals surface area contributed by atoms with Gasteiger partial charge in [0.1, 0.15) is 17.3 Å². The maximum atomic E-state index is 9.16. The molecule has 0 saturated carbocycles. The number of hydrogen-bond donors (Lipinski definition) is 2. The molecule has 0 amide bonds. The van der Waals surface area contributed by atoms with Gasteiger partial charge in [-0.15, -0.1) is 0 Å². The van der Waals surface area contributed by atoms with E-state index in [1.165, 1.54) is 6.33 Å². The number of aromatic nitrogens is 2. The molecule has 1 heterocycles. The number of aliphatic hydroxyl groups excluding tert-OH is 1. The average molecular weight is 230 g/mol. The van der Waals surface area contributed by atoms with Crippen molar-refractivity contribution in [1.29, 1.82) is 0 Å². The molecule has 2 N–H and O–H groups in total. The molecule has 1 unspecified atom stereocenters. The lowest BCUT2D eigenvalue weighted by molar-refractivity contribution is 0.208. The second-order valence-corrected chi connectivity index (χ2v) is 3.83. The van der Waals surface area contributed by atoms with Crippen LogP contribution in [0.15, 0.2) is 6.33 Å². The van der Waals surface area contributed by atoms with E-state index in [0.717, 1.165) is 24.2 Å². The summed E-state index contributed by atoms with van der Waals surface area (Å²) in [5.41, 5.74) is 0.919. The third-order valence-corrected chi connectivity index (χ3v) is 2.28. The van der Waals surface area contributed by atoms with Gasteiger partial charge in [-0.2, -0.15) is 0 Å². The molecule has 0 aliphatic heterocycles. The Kier molecular flexibility index (Phi) is 4.78. The van der Waals surface area contributed by atoms with E-state index >= 15 is 0 Å². The summed E-state index contributed by atoms with van der Waals surface area (Å²) in [6, 6.07) is 0. The first-order chi connectivity index (χ1) is 7.15. The van der Waals surface area contributed by atoms with Gasteiger partial charge < -0.3 is 10.4 Å². The van der Waals surface area contributed by atoms with E-state index in [1.807, 2.05) is 0 Å². The van der Waals surface area contributed by atoms with Crippen LogP contribution in [0.1, 0.15) is 25.8 Å². The molecule has 0 aliphatic carbocycles. The summed E-state index contributed by atoms with van der Waals surface area (Å²) in [6.07, 6.45) is 2.83. The SMILES string of the molecule is CCCc1c(Cl)ncnc1NCC(C)O. The predicted molar refractivity (Wildman–Crippen MR) is 61.2 cm³/mol. The van der Waals surface area contributed by atoms with Crippen LogP contribution >= 0.6 is 11.6 Å². The molecule has 84 valence electrons. The van der Waals surface area contributed by atoms with Crippen LogP contribution in [0.4, 0.5) is 5.82 Å². The van der Waals surface area contributed by atoms with Crippen LogP contribution in [0.3, 0.4) is 0 Å². The van der Waals surface area contributed by atoms with Crippen LogP contribution in [0.5, 0.6) is 0 Å². The lowest BCUT2D eigenvalue weighted by Gasteiger charge is -2.12. The van der Waals surface area contributed by atoms with Crippen molar-refractivity contribution in [2.45, 2.75) is 32.8 Å². The number of aliphatic hydroxyl groups is 1. The van der Waals surface area contributed by atoms with Gasteiger partial charge in [0.25, 0.3) is 0 Å². The molecule has 0 saturated heterocycles. The summed E-state index contributed by atoms with van der Waals surface area (Å²) in [5.74, 6) is 0.720. The van der Waals surface area contributed by atoms with Gasteiger partial charge in [0.2, 0.25) is 0 Å². The van der Waals surface area contributed by atoms with Crippen LogP contribution in [0, 0.1) is 0 Å². The molecule has 0 aromatic carbocycles. The fourth-order valence-electron chi connectivity index (χ4n) is 1.26. The van der Waals surface area contributed by atoms with Crippen molar-refractivity contribution in [3.8, 4) is 0 Å². The molecule has 1 aromatic rings. The highest BCUT2D eigenvalue weighted by atomic mass is 35.5. The zero-order valence-electron chi connectivity index (χ0n) is 9.00. The second kappa shape index (κ2) is 5.88. The molecule has 15 heavy (non-hydrogen) atoms. The number of rotatable bonds is 5. The molecule has 0 spiro atoms. The topological polar surface area (TPSA) is 58.0 Å². The predicted octanol–water partition coefficient (Wildman–Crippen LogP) is 1.88. The Morgan fingerprint density at radius 3 is 2.87 bits per heavy atom. The average Bonchev–Trinajstić information content (AvgIpc) is 2.19. The summed E-state index contributed by atoms with van der Waals surface area (Å²) in [7, 11) is 0. The fraction of sp³-hybridized carbons (Fsp3) is 0.600. The van der Waals surface area contributed by atoms with E-state index in [0.29, 0.717) is 11.7 Å². The van der Waals surface area contributed by atoms with E-state index in [4.69, 9.17) is 16.7 Å². The van der Waals surface area contributed by atoms with E-state index in [2.05, 4.69) is 22.2 Å². The smallest absolute Gasteiger partial charge is 0.137 e. The van der Waals surface area contributed by atoms with E-state index in [9.17, 15) is 0 Å². The third kappa shape index (κ3) is 3.64. The summed E-state index contributed by atoms with van der Waals surface area (Å²) < 4.78 is 0. The van der Waals surface area contributed by atoms with E-state index in [1.54, 1.807) is 6.92 Å². The molecule has 5 heteroatoms. The number of nitrogens with zero attached hydrogens (tertiary/aromatic N) is 2. The van der Waals surface area contributed by atoms with Gasteiger partial charge in [-0.3, -0.25) is 0 Å². The third-order valence-electron chi connectivity index (χ3n) is 1.96. The minimum absolute atomic E-state index is 0.409. The molecule has 1 rings (SSSR count). The highest BCUT2D eigenvalue weighted by Crippen LogP contribution is 2.21. The lowest BCUT2D eigenvalue weighted by Crippen LogP contribution is -2.17. The maximum absolute atomic E-state index is 9.16. The van der Waals surface area contributed by atoms with Crippen LogP contribution in [0.25, 0.3) is 0 Å². The Bertz CT molecular complexity index is 318. The van der Waals surface area contributed by atoms with Crippen molar-refractivity contribution in [3.05, 3.63) is 17.0 Å². The monoisotopic (exact) mass is 229 g/mol. The molecule has 0 bridgehead atoms. The Hall–Kier alpha value is -0.870. The van der Waals surface area contributed by atoms with Gasteiger partial charge in [0.05, 0.1) is 6.10 Å².